The average Bonchev–Trinajstić information content (AvgIpc) is 3.38. The van der Waals surface area contributed by atoms with Crippen molar-refractivity contribution < 1.29 is 25.1 Å². The predicted molar refractivity (Wildman–Crippen MR) is 231 cm³/mol. The van der Waals surface area contributed by atoms with Crippen LogP contribution in [0.25, 0.3) is 21.5 Å². The summed E-state index contributed by atoms with van der Waals surface area (Å²) >= 11 is 0. The van der Waals surface area contributed by atoms with E-state index in [0.29, 0.717) is 13.1 Å². The van der Waals surface area contributed by atoms with Gasteiger partial charge in [-0.05, 0) is 63.2 Å². The topological polar surface area (TPSA) is 94.5 Å². The molecule has 4 aromatic carbocycles. The second kappa shape index (κ2) is 22.3. The fourth-order valence-electron chi connectivity index (χ4n) is 6.93. The van der Waals surface area contributed by atoms with Crippen LogP contribution < -0.4 is 10.2 Å². The van der Waals surface area contributed by atoms with Crippen molar-refractivity contribution in [2.24, 2.45) is 0 Å². The number of benzene rings is 4. The van der Waals surface area contributed by atoms with Crippen molar-refractivity contribution in [1.82, 2.24) is 0 Å². The zero-order chi connectivity index (χ0) is 40.3. The summed E-state index contributed by atoms with van der Waals surface area (Å²) in [4.78, 5) is 24.8. The third-order valence-electron chi connectivity index (χ3n) is 9.13. The molecule has 0 amide bonds. The molecule has 4 N–H and O–H groups in total. The van der Waals surface area contributed by atoms with Crippen molar-refractivity contribution in [3.05, 3.63) is 132 Å². The molecule has 1 aliphatic heterocycles. The minimum absolute atomic E-state index is 0.0606. The minimum atomic E-state index is -0.808. The highest BCUT2D eigenvalue weighted by atomic mass is 16.4. The fraction of sp³-hybridized carbons (Fsp3) is 0.375. The van der Waals surface area contributed by atoms with E-state index in [1.165, 1.54) is 39.1 Å². The molecule has 4 aromatic rings. The number of fused-ring (bicyclic) bond motifs is 4. The molecule has 0 radical (unpaired) electrons. The molecule has 0 aromatic heterocycles. The van der Waals surface area contributed by atoms with Gasteiger partial charge in [-0.2, -0.15) is 0 Å². The molecule has 1 aliphatic rings. The van der Waals surface area contributed by atoms with E-state index in [9.17, 15) is 14.7 Å². The van der Waals surface area contributed by atoms with Crippen molar-refractivity contribution in [3.63, 3.8) is 0 Å². The quantitative estimate of drug-likeness (QED) is 0.0939. The molecule has 0 spiro atoms. The number of nitrogens with two attached hydrogens (primary N) is 1. The Morgan fingerprint density at radius 2 is 1.28 bits per heavy atom. The summed E-state index contributed by atoms with van der Waals surface area (Å²) in [5, 5.41) is 25.4. The van der Waals surface area contributed by atoms with E-state index in [1.54, 1.807) is 0 Å². The number of nitrogens with zero attached hydrogens (tertiary/aromatic N) is 1. The van der Waals surface area contributed by atoms with Crippen LogP contribution in [-0.2, 0) is 20.4 Å². The lowest BCUT2D eigenvalue weighted by atomic mass is 9.78. The van der Waals surface area contributed by atoms with E-state index in [2.05, 4.69) is 131 Å². The van der Waals surface area contributed by atoms with Crippen LogP contribution in [0.3, 0.4) is 0 Å². The van der Waals surface area contributed by atoms with Gasteiger partial charge in [0, 0.05) is 28.9 Å². The van der Waals surface area contributed by atoms with Crippen molar-refractivity contribution in [2.75, 3.05) is 18.0 Å². The first-order chi connectivity index (χ1) is 25.9. The summed E-state index contributed by atoms with van der Waals surface area (Å²) in [5.74, 6) is -1.60. The molecule has 0 saturated carbocycles. The zero-order valence-corrected chi connectivity index (χ0v) is 34.4. The summed E-state index contributed by atoms with van der Waals surface area (Å²) in [7, 11) is 0. The predicted octanol–water partition coefficient (Wildman–Crippen LogP) is 11.6. The SMILES string of the molecule is CC.CC.CC(C)(C/C=C/C=C/C=C/C=C1/N(CCC(=O)O)c2ccc3ccccc3c2C1(C)C)c1c([NH2+]CCC(=O)O)ccc2ccccc12.CCC. The Bertz CT molecular complexity index is 1930. The molecule has 5 rings (SSSR count). The van der Waals surface area contributed by atoms with Crippen LogP contribution >= 0.6 is 0 Å². The van der Waals surface area contributed by atoms with Gasteiger partial charge >= 0.3 is 11.9 Å². The lowest BCUT2D eigenvalue weighted by molar-refractivity contribution is -0.571. The van der Waals surface area contributed by atoms with Crippen molar-refractivity contribution >= 4 is 44.9 Å². The molecule has 0 bridgehead atoms. The lowest BCUT2D eigenvalue weighted by Gasteiger charge is -2.27. The standard InChI is InChI=1S/C41H44N2O4.C3H8.2C2H6/c1-40(2,38-31-17-12-10-15-29(31)20-22-33(38)42-27-24-36(44)45)26-14-8-6-5-7-9-19-35-41(3,4)39-32-18-13-11-16-30(32)21-23-34(39)43(35)28-25-37(46)47;1-3-2;2*1-2/h5-23,42H,24-28H2,1-4H3,(H,44,45)(H,46,47);3H2,1-2H3;2*1-2H3/p+1/b6-5+,9-7+,14-8+,35-19+;;;. The zero-order valence-electron chi connectivity index (χ0n) is 34.4. The van der Waals surface area contributed by atoms with Gasteiger partial charge in [0.15, 0.2) is 0 Å². The first-order valence-corrected chi connectivity index (χ1v) is 19.7. The maximum absolute atomic E-state index is 11.5. The molecule has 290 valence electrons. The highest BCUT2D eigenvalue weighted by molar-refractivity contribution is 5.95. The van der Waals surface area contributed by atoms with Crippen molar-refractivity contribution in [3.8, 4) is 0 Å². The molecule has 1 heterocycles. The number of carbonyl (C=O) groups is 2. The third kappa shape index (κ3) is 11.8. The van der Waals surface area contributed by atoms with Crippen LogP contribution in [-0.4, -0.2) is 35.2 Å². The molecule has 0 fully saturated rings. The first kappa shape index (κ1) is 45.2. The van der Waals surface area contributed by atoms with Crippen LogP contribution in [0.15, 0.2) is 121 Å². The normalized spacial score (nSPS) is 14.1. The molecule has 0 atom stereocenters. The number of allylic oxidation sites excluding steroid dienone is 8. The Hall–Kier alpha value is -4.94. The van der Waals surface area contributed by atoms with E-state index in [1.807, 2.05) is 64.1 Å². The lowest BCUT2D eigenvalue weighted by Crippen LogP contribution is -2.79. The van der Waals surface area contributed by atoms with Gasteiger partial charge in [0.05, 0.1) is 19.4 Å². The van der Waals surface area contributed by atoms with Gasteiger partial charge in [0.2, 0.25) is 0 Å². The Labute approximate surface area is 325 Å². The smallest absolute Gasteiger partial charge is 0.309 e. The summed E-state index contributed by atoms with van der Waals surface area (Å²) in [5.41, 5.74) is 5.25. The van der Waals surface area contributed by atoms with E-state index in [-0.39, 0.29) is 23.7 Å². The van der Waals surface area contributed by atoms with E-state index >= 15 is 0 Å². The molecule has 6 heteroatoms. The Morgan fingerprint density at radius 1 is 0.741 bits per heavy atom. The Kier molecular flexibility index (Phi) is 18.7. The molecule has 0 saturated heterocycles. The van der Waals surface area contributed by atoms with Crippen molar-refractivity contribution in [2.45, 2.75) is 106 Å². The van der Waals surface area contributed by atoms with Crippen LogP contribution in [0.2, 0.25) is 0 Å². The second-order valence-corrected chi connectivity index (χ2v) is 14.0. The average molecular weight is 734 g/mol. The highest BCUT2D eigenvalue weighted by Crippen LogP contribution is 2.50. The summed E-state index contributed by atoms with van der Waals surface area (Å²) in [6.07, 6.45) is 16.7. The fourth-order valence-corrected chi connectivity index (χ4v) is 6.93. The monoisotopic (exact) mass is 733 g/mol. The first-order valence-electron chi connectivity index (χ1n) is 19.7. The minimum Gasteiger partial charge on any atom is -0.481 e. The number of hydrogen-bond donors (Lipinski definition) is 3. The summed E-state index contributed by atoms with van der Waals surface area (Å²) in [6, 6.07) is 25.2. The van der Waals surface area contributed by atoms with Crippen LogP contribution in [0.5, 0.6) is 0 Å². The molecule has 54 heavy (non-hydrogen) atoms. The Balaban J connectivity index is 0.00000135. The molecule has 0 aliphatic carbocycles. The van der Waals surface area contributed by atoms with Gasteiger partial charge in [0.1, 0.15) is 5.69 Å². The number of rotatable bonds is 13. The van der Waals surface area contributed by atoms with Gasteiger partial charge < -0.3 is 20.4 Å². The number of anilines is 1. The van der Waals surface area contributed by atoms with Crippen LogP contribution in [0, 0.1) is 0 Å². The van der Waals surface area contributed by atoms with E-state index in [0.717, 1.165) is 23.5 Å². The number of quaternary nitrogens is 1. The number of carboxylic acid groups (broad SMARTS) is 2. The molecule has 6 nitrogen and oxygen atoms in total. The largest absolute Gasteiger partial charge is 0.481 e. The number of aliphatic carboxylic acids is 2. The van der Waals surface area contributed by atoms with E-state index < -0.39 is 11.9 Å². The van der Waals surface area contributed by atoms with Crippen molar-refractivity contribution in [1.29, 1.82) is 0 Å². The van der Waals surface area contributed by atoms with E-state index in [4.69, 9.17) is 5.11 Å². The van der Waals surface area contributed by atoms with Gasteiger partial charge in [0.25, 0.3) is 0 Å². The molecular weight excluding hydrogens is 669 g/mol. The van der Waals surface area contributed by atoms with Crippen LogP contribution in [0.1, 0.15) is 106 Å². The summed E-state index contributed by atoms with van der Waals surface area (Å²) < 4.78 is 0. The second-order valence-electron chi connectivity index (χ2n) is 14.0. The van der Waals surface area contributed by atoms with Gasteiger partial charge in [-0.15, -0.1) is 0 Å². The maximum atomic E-state index is 11.5. The van der Waals surface area contributed by atoms with Crippen LogP contribution in [0.4, 0.5) is 11.4 Å². The molecular formula is C48H65N2O4+. The highest BCUT2D eigenvalue weighted by Gasteiger charge is 2.41. The number of hydrogen-bond acceptors (Lipinski definition) is 3. The Morgan fingerprint density at radius 3 is 1.91 bits per heavy atom. The number of carboxylic acids is 2. The molecule has 0 unspecified atom stereocenters. The van der Waals surface area contributed by atoms with Gasteiger partial charge in [-0.3, -0.25) is 9.59 Å². The van der Waals surface area contributed by atoms with Gasteiger partial charge in [-0.25, -0.2) is 0 Å². The summed E-state index contributed by atoms with van der Waals surface area (Å²) in [6.45, 7) is 22.1. The maximum Gasteiger partial charge on any atom is 0.309 e. The third-order valence-corrected chi connectivity index (χ3v) is 9.13. The van der Waals surface area contributed by atoms with Gasteiger partial charge in [-0.1, -0.05) is 167 Å².